The van der Waals surface area contributed by atoms with E-state index in [9.17, 15) is 9.59 Å². The third-order valence-corrected chi connectivity index (χ3v) is 6.25. The first-order chi connectivity index (χ1) is 14.1. The highest BCUT2D eigenvalue weighted by Crippen LogP contribution is 2.40. The molecule has 0 aromatic carbocycles. The molecule has 9 heteroatoms. The maximum Gasteiger partial charge on any atom is 0.276 e. The molecule has 1 atom stereocenters. The number of likely N-dealkylation sites (tertiary alicyclic amines) is 2. The molecule has 5 heterocycles. The number of ether oxygens (including phenoxy) is 1. The van der Waals surface area contributed by atoms with Gasteiger partial charge in [-0.05, 0) is 19.8 Å². The molecule has 154 valence electrons. The number of hydrogen-bond acceptors (Lipinski definition) is 6. The van der Waals surface area contributed by atoms with Crippen molar-refractivity contribution in [1.82, 2.24) is 24.5 Å². The predicted octanol–water partition coefficient (Wildman–Crippen LogP) is 1.33. The molecule has 1 spiro atoms. The van der Waals surface area contributed by atoms with Gasteiger partial charge in [0.05, 0.1) is 6.54 Å². The van der Waals surface area contributed by atoms with Crippen LogP contribution < -0.4 is 0 Å². The number of aryl methyl sites for hydroxylation is 1. The van der Waals surface area contributed by atoms with Gasteiger partial charge in [0.25, 0.3) is 11.8 Å². The first-order valence-electron chi connectivity index (χ1n) is 10.3. The number of aromatic nitrogens is 3. The lowest BCUT2D eigenvalue weighted by Gasteiger charge is -2.45. The van der Waals surface area contributed by atoms with Crippen LogP contribution in [-0.2, 0) is 21.7 Å². The predicted molar refractivity (Wildman–Crippen MR) is 101 cm³/mol. The molecule has 2 fully saturated rings. The molecule has 0 N–H and O–H groups in total. The van der Waals surface area contributed by atoms with Crippen molar-refractivity contribution >= 4 is 11.8 Å². The highest BCUT2D eigenvalue weighted by Gasteiger charge is 2.48. The van der Waals surface area contributed by atoms with Crippen molar-refractivity contribution < 1.29 is 18.8 Å². The highest BCUT2D eigenvalue weighted by molar-refractivity contribution is 5.92. The van der Waals surface area contributed by atoms with Gasteiger partial charge in [-0.2, -0.15) is 0 Å². The molecule has 29 heavy (non-hydrogen) atoms. The van der Waals surface area contributed by atoms with E-state index >= 15 is 0 Å². The average molecular weight is 399 g/mol. The summed E-state index contributed by atoms with van der Waals surface area (Å²) in [6.45, 7) is 4.91. The molecule has 2 saturated heterocycles. The van der Waals surface area contributed by atoms with Gasteiger partial charge in [0.1, 0.15) is 17.2 Å². The standard InChI is InChI=1S/C20H25N5O4/c1-14-12-15(22-29-14)17(26)24-9-4-20(5-10-24)19-21-6-11-25(19)13-16(28-20)18(27)23-7-2-3-8-23/h6,11-12,16H,2-5,7-10,13H2,1H3/t16-/m1/s1. The fraction of sp³-hybridized carbons (Fsp3) is 0.600. The Hall–Kier alpha value is -2.68. The lowest BCUT2D eigenvalue weighted by atomic mass is 9.88. The summed E-state index contributed by atoms with van der Waals surface area (Å²) in [4.78, 5) is 33.9. The average Bonchev–Trinajstić information content (AvgIpc) is 3.49. The lowest BCUT2D eigenvalue weighted by Crippen LogP contribution is -2.55. The fourth-order valence-electron chi connectivity index (χ4n) is 4.71. The van der Waals surface area contributed by atoms with Gasteiger partial charge in [-0.1, -0.05) is 5.16 Å². The van der Waals surface area contributed by atoms with E-state index in [4.69, 9.17) is 9.26 Å². The summed E-state index contributed by atoms with van der Waals surface area (Å²) in [5.74, 6) is 1.40. The highest BCUT2D eigenvalue weighted by atomic mass is 16.5. The summed E-state index contributed by atoms with van der Waals surface area (Å²) >= 11 is 0. The summed E-state index contributed by atoms with van der Waals surface area (Å²) < 4.78 is 13.5. The Balaban J connectivity index is 1.34. The molecule has 0 aliphatic carbocycles. The topological polar surface area (TPSA) is 93.7 Å². The first-order valence-corrected chi connectivity index (χ1v) is 10.3. The van der Waals surface area contributed by atoms with E-state index in [2.05, 4.69) is 10.1 Å². The quantitative estimate of drug-likeness (QED) is 0.756. The molecule has 2 aromatic heterocycles. The largest absolute Gasteiger partial charge is 0.361 e. The van der Waals surface area contributed by atoms with Crippen LogP contribution in [0, 0.1) is 6.92 Å². The van der Waals surface area contributed by atoms with Gasteiger partial charge < -0.3 is 23.6 Å². The molecular formula is C20H25N5O4. The van der Waals surface area contributed by atoms with Crippen LogP contribution in [0.2, 0.25) is 0 Å². The number of nitrogens with zero attached hydrogens (tertiary/aromatic N) is 5. The van der Waals surface area contributed by atoms with Crippen molar-refractivity contribution in [3.8, 4) is 0 Å². The van der Waals surface area contributed by atoms with E-state index in [0.717, 1.165) is 31.8 Å². The number of carbonyl (C=O) groups excluding carboxylic acids is 2. The van der Waals surface area contributed by atoms with Crippen LogP contribution >= 0.6 is 0 Å². The first kappa shape index (κ1) is 18.4. The molecule has 0 radical (unpaired) electrons. The van der Waals surface area contributed by atoms with E-state index in [0.29, 0.717) is 43.9 Å². The fourth-order valence-corrected chi connectivity index (χ4v) is 4.71. The van der Waals surface area contributed by atoms with E-state index in [1.807, 2.05) is 15.7 Å². The smallest absolute Gasteiger partial charge is 0.276 e. The summed E-state index contributed by atoms with van der Waals surface area (Å²) in [7, 11) is 0. The maximum absolute atomic E-state index is 13.0. The molecule has 0 bridgehead atoms. The van der Waals surface area contributed by atoms with Crippen LogP contribution in [0.15, 0.2) is 23.0 Å². The minimum absolute atomic E-state index is 0.0674. The van der Waals surface area contributed by atoms with Crippen LogP contribution in [0.5, 0.6) is 0 Å². The number of amides is 2. The molecule has 0 unspecified atom stereocenters. The number of rotatable bonds is 2. The van der Waals surface area contributed by atoms with Crippen molar-refractivity contribution in [1.29, 1.82) is 0 Å². The second-order valence-corrected chi connectivity index (χ2v) is 8.15. The summed E-state index contributed by atoms with van der Waals surface area (Å²) in [6, 6.07) is 1.65. The zero-order chi connectivity index (χ0) is 20.0. The maximum atomic E-state index is 13.0. The minimum Gasteiger partial charge on any atom is -0.361 e. The Morgan fingerprint density at radius 1 is 1.14 bits per heavy atom. The summed E-state index contributed by atoms with van der Waals surface area (Å²) in [5, 5.41) is 3.84. The van der Waals surface area contributed by atoms with Crippen LogP contribution in [0.4, 0.5) is 0 Å². The van der Waals surface area contributed by atoms with Crippen molar-refractivity contribution in [2.24, 2.45) is 0 Å². The van der Waals surface area contributed by atoms with Gasteiger partial charge in [0.2, 0.25) is 0 Å². The van der Waals surface area contributed by atoms with E-state index in [1.165, 1.54) is 0 Å². The van der Waals surface area contributed by atoms with E-state index in [-0.39, 0.29) is 11.8 Å². The van der Waals surface area contributed by atoms with Gasteiger partial charge in [-0.15, -0.1) is 0 Å². The second kappa shape index (κ2) is 6.98. The SMILES string of the molecule is Cc1cc(C(=O)N2CCC3(CC2)O[C@@H](C(=O)N2CCCC2)Cn2ccnc23)no1. The number of fused-ring (bicyclic) bond motifs is 2. The van der Waals surface area contributed by atoms with Gasteiger partial charge in [0.15, 0.2) is 11.8 Å². The van der Waals surface area contributed by atoms with Crippen LogP contribution in [-0.4, -0.2) is 68.6 Å². The van der Waals surface area contributed by atoms with Gasteiger partial charge in [0, 0.05) is 57.5 Å². The zero-order valence-electron chi connectivity index (χ0n) is 16.5. The van der Waals surface area contributed by atoms with Crippen LogP contribution in [0.1, 0.15) is 47.8 Å². The van der Waals surface area contributed by atoms with Crippen molar-refractivity contribution in [3.05, 3.63) is 35.7 Å². The van der Waals surface area contributed by atoms with Crippen molar-refractivity contribution in [3.63, 3.8) is 0 Å². The molecule has 3 aliphatic rings. The van der Waals surface area contributed by atoms with E-state index < -0.39 is 11.7 Å². The van der Waals surface area contributed by atoms with Crippen LogP contribution in [0.3, 0.4) is 0 Å². The molecular weight excluding hydrogens is 374 g/mol. The summed E-state index contributed by atoms with van der Waals surface area (Å²) in [5.41, 5.74) is -0.315. The van der Waals surface area contributed by atoms with Gasteiger partial charge in [-0.25, -0.2) is 4.98 Å². The molecule has 2 aromatic rings. The van der Waals surface area contributed by atoms with Crippen molar-refractivity contribution in [2.45, 2.75) is 50.9 Å². The molecule has 9 nitrogen and oxygen atoms in total. The number of hydrogen-bond donors (Lipinski definition) is 0. The van der Waals surface area contributed by atoms with Crippen molar-refractivity contribution in [2.75, 3.05) is 26.2 Å². The molecule has 5 rings (SSSR count). The molecule has 2 amide bonds. The number of imidazole rings is 1. The van der Waals surface area contributed by atoms with Crippen LogP contribution in [0.25, 0.3) is 0 Å². The Bertz CT molecular complexity index is 921. The Morgan fingerprint density at radius 3 is 2.59 bits per heavy atom. The second-order valence-electron chi connectivity index (χ2n) is 8.15. The number of carbonyl (C=O) groups is 2. The lowest BCUT2D eigenvalue weighted by molar-refractivity contribution is -0.179. The Kier molecular flexibility index (Phi) is 4.42. The van der Waals surface area contributed by atoms with Gasteiger partial charge >= 0.3 is 0 Å². The molecule has 3 aliphatic heterocycles. The minimum atomic E-state index is -0.641. The normalized spacial score (nSPS) is 23.4. The number of piperidine rings is 1. The third kappa shape index (κ3) is 3.13. The van der Waals surface area contributed by atoms with E-state index in [1.54, 1.807) is 24.1 Å². The monoisotopic (exact) mass is 399 g/mol. The zero-order valence-corrected chi connectivity index (χ0v) is 16.5. The molecule has 0 saturated carbocycles. The van der Waals surface area contributed by atoms with Gasteiger partial charge in [-0.3, -0.25) is 9.59 Å². The Morgan fingerprint density at radius 2 is 1.90 bits per heavy atom. The third-order valence-electron chi connectivity index (χ3n) is 6.25. The summed E-state index contributed by atoms with van der Waals surface area (Å²) in [6.07, 6.45) is 6.47. The Labute approximate surface area is 168 Å².